The molecule has 0 bridgehead atoms. The minimum Gasteiger partial charge on any atom is -0.345 e. The summed E-state index contributed by atoms with van der Waals surface area (Å²) in [5.74, 6) is -0.0169. The molecule has 2 nitrogen and oxygen atoms in total. The lowest BCUT2D eigenvalue weighted by Gasteiger charge is -2.20. The Kier molecular flexibility index (Phi) is 5.52. The fraction of sp³-hybridized carbons (Fsp3) is 0.136. The Morgan fingerprint density at radius 1 is 0.880 bits per heavy atom. The molecule has 25 heavy (non-hydrogen) atoms. The predicted molar refractivity (Wildman–Crippen MR) is 103 cm³/mol. The molecule has 0 aromatic heterocycles. The third-order valence-corrected chi connectivity index (χ3v) is 4.38. The minimum atomic E-state index is -0.165. The Labute approximate surface area is 153 Å². The van der Waals surface area contributed by atoms with Crippen LogP contribution in [0.3, 0.4) is 0 Å². The largest absolute Gasteiger partial charge is 0.345 e. The fourth-order valence-corrected chi connectivity index (χ4v) is 2.89. The van der Waals surface area contributed by atoms with Crippen molar-refractivity contribution < 1.29 is 4.79 Å². The maximum absolute atomic E-state index is 12.6. The van der Waals surface area contributed by atoms with E-state index in [0.29, 0.717) is 11.4 Å². The molecule has 1 atom stereocenters. The minimum absolute atomic E-state index is 0.0169. The van der Waals surface area contributed by atoms with Gasteiger partial charge in [-0.15, -0.1) is 0 Å². The zero-order chi connectivity index (χ0) is 17.6. The number of amides is 1. The molecule has 3 heteroatoms. The molecular weight excluding hydrogens is 330 g/mol. The molecule has 1 amide bonds. The van der Waals surface area contributed by atoms with Crippen molar-refractivity contribution in [3.8, 4) is 0 Å². The zero-order valence-corrected chi connectivity index (χ0v) is 14.8. The van der Waals surface area contributed by atoms with Crippen LogP contribution in [0.2, 0.25) is 5.02 Å². The van der Waals surface area contributed by atoms with Gasteiger partial charge in [0.2, 0.25) is 5.91 Å². The lowest BCUT2D eigenvalue weighted by molar-refractivity contribution is -0.120. The lowest BCUT2D eigenvalue weighted by atomic mass is 9.97. The van der Waals surface area contributed by atoms with Gasteiger partial charge in [-0.2, -0.15) is 0 Å². The Morgan fingerprint density at radius 2 is 1.48 bits per heavy atom. The van der Waals surface area contributed by atoms with E-state index in [1.54, 1.807) is 12.1 Å². The molecule has 0 aliphatic heterocycles. The van der Waals surface area contributed by atoms with E-state index >= 15 is 0 Å². The van der Waals surface area contributed by atoms with Crippen molar-refractivity contribution in [2.24, 2.45) is 0 Å². The number of carbonyl (C=O) groups excluding carboxylic acids is 1. The van der Waals surface area contributed by atoms with Crippen molar-refractivity contribution in [1.29, 1.82) is 0 Å². The van der Waals surface area contributed by atoms with E-state index in [-0.39, 0.29) is 11.9 Å². The van der Waals surface area contributed by atoms with Gasteiger partial charge in [-0.25, -0.2) is 0 Å². The summed E-state index contributed by atoms with van der Waals surface area (Å²) < 4.78 is 0. The molecule has 0 radical (unpaired) electrons. The Balaban J connectivity index is 1.81. The third kappa shape index (κ3) is 4.71. The summed E-state index contributed by atoms with van der Waals surface area (Å²) in [4.78, 5) is 12.6. The molecule has 0 heterocycles. The van der Waals surface area contributed by atoms with Gasteiger partial charge >= 0.3 is 0 Å². The number of carbonyl (C=O) groups is 1. The van der Waals surface area contributed by atoms with Crippen LogP contribution in [0.5, 0.6) is 0 Å². The highest BCUT2D eigenvalue weighted by molar-refractivity contribution is 6.30. The number of nitrogens with one attached hydrogen (secondary N) is 1. The van der Waals surface area contributed by atoms with Crippen LogP contribution in [0.15, 0.2) is 78.9 Å². The number of rotatable bonds is 5. The van der Waals surface area contributed by atoms with E-state index in [1.807, 2.05) is 42.5 Å². The van der Waals surface area contributed by atoms with Crippen LogP contribution in [0, 0.1) is 6.92 Å². The number of hydrogen-bond acceptors (Lipinski definition) is 1. The Hall–Kier alpha value is -2.58. The Morgan fingerprint density at radius 3 is 2.12 bits per heavy atom. The van der Waals surface area contributed by atoms with Crippen molar-refractivity contribution >= 4 is 17.5 Å². The molecule has 3 aromatic rings. The maximum atomic E-state index is 12.6. The Bertz CT molecular complexity index is 826. The molecule has 126 valence electrons. The standard InChI is InChI=1S/C22H20ClNO/c1-16-7-11-19(12-8-16)22(18-5-3-2-4-6-18)24-21(25)15-17-9-13-20(23)14-10-17/h2-14,22H,15H2,1H3,(H,24,25)/t22-/m1/s1. The quantitative estimate of drug-likeness (QED) is 0.682. The molecule has 0 unspecified atom stereocenters. The van der Waals surface area contributed by atoms with Crippen LogP contribution in [0.1, 0.15) is 28.3 Å². The topological polar surface area (TPSA) is 29.1 Å². The van der Waals surface area contributed by atoms with E-state index in [4.69, 9.17) is 11.6 Å². The summed E-state index contributed by atoms with van der Waals surface area (Å²) in [5, 5.41) is 3.83. The molecule has 3 rings (SSSR count). The number of halogens is 1. The summed E-state index contributed by atoms with van der Waals surface area (Å²) in [6.07, 6.45) is 0.326. The molecule has 0 saturated carbocycles. The molecule has 0 fully saturated rings. The molecule has 1 N–H and O–H groups in total. The van der Waals surface area contributed by atoms with Crippen LogP contribution >= 0.6 is 11.6 Å². The van der Waals surface area contributed by atoms with Crippen molar-refractivity contribution in [3.63, 3.8) is 0 Å². The highest BCUT2D eigenvalue weighted by atomic mass is 35.5. The first-order valence-electron chi connectivity index (χ1n) is 8.27. The molecular formula is C22H20ClNO. The second-order valence-electron chi connectivity index (χ2n) is 6.13. The van der Waals surface area contributed by atoms with Gasteiger partial charge in [-0.05, 0) is 35.7 Å². The molecule has 0 aliphatic carbocycles. The first kappa shape index (κ1) is 17.2. The second-order valence-corrected chi connectivity index (χ2v) is 6.56. The molecule has 0 spiro atoms. The van der Waals surface area contributed by atoms with Crippen molar-refractivity contribution in [1.82, 2.24) is 5.32 Å². The van der Waals surface area contributed by atoms with Gasteiger partial charge in [0, 0.05) is 5.02 Å². The van der Waals surface area contributed by atoms with Gasteiger partial charge in [0.15, 0.2) is 0 Å². The number of benzene rings is 3. The van der Waals surface area contributed by atoms with Crippen LogP contribution in [-0.2, 0) is 11.2 Å². The fourth-order valence-electron chi connectivity index (χ4n) is 2.76. The summed E-state index contributed by atoms with van der Waals surface area (Å²) >= 11 is 5.90. The normalized spacial score (nSPS) is 11.8. The summed E-state index contributed by atoms with van der Waals surface area (Å²) in [5.41, 5.74) is 4.28. The maximum Gasteiger partial charge on any atom is 0.225 e. The smallest absolute Gasteiger partial charge is 0.225 e. The van der Waals surface area contributed by atoms with Crippen LogP contribution in [0.25, 0.3) is 0 Å². The summed E-state index contributed by atoms with van der Waals surface area (Å²) in [6.45, 7) is 2.06. The average Bonchev–Trinajstić information content (AvgIpc) is 2.63. The van der Waals surface area contributed by atoms with E-state index in [2.05, 4.69) is 36.5 Å². The first-order valence-corrected chi connectivity index (χ1v) is 8.65. The van der Waals surface area contributed by atoms with Gasteiger partial charge in [-0.3, -0.25) is 4.79 Å². The molecule has 0 aliphatic rings. The summed E-state index contributed by atoms with van der Waals surface area (Å²) in [7, 11) is 0. The van der Waals surface area contributed by atoms with Gasteiger partial charge in [0.05, 0.1) is 12.5 Å². The number of aryl methyl sites for hydroxylation is 1. The van der Waals surface area contributed by atoms with Crippen LogP contribution in [-0.4, -0.2) is 5.91 Å². The zero-order valence-electron chi connectivity index (χ0n) is 14.1. The van der Waals surface area contributed by atoms with Gasteiger partial charge < -0.3 is 5.32 Å². The third-order valence-electron chi connectivity index (χ3n) is 4.13. The van der Waals surface area contributed by atoms with Gasteiger partial charge in [-0.1, -0.05) is 83.9 Å². The van der Waals surface area contributed by atoms with E-state index in [0.717, 1.165) is 16.7 Å². The van der Waals surface area contributed by atoms with E-state index < -0.39 is 0 Å². The van der Waals surface area contributed by atoms with Crippen molar-refractivity contribution in [2.75, 3.05) is 0 Å². The van der Waals surface area contributed by atoms with Crippen LogP contribution < -0.4 is 5.32 Å². The predicted octanol–water partition coefficient (Wildman–Crippen LogP) is 5.10. The average molecular weight is 350 g/mol. The van der Waals surface area contributed by atoms with E-state index in [9.17, 15) is 4.79 Å². The SMILES string of the molecule is Cc1ccc([C@H](NC(=O)Cc2ccc(Cl)cc2)c2ccccc2)cc1. The number of hydrogen-bond donors (Lipinski definition) is 1. The lowest BCUT2D eigenvalue weighted by Crippen LogP contribution is -2.30. The van der Waals surface area contributed by atoms with Crippen molar-refractivity contribution in [2.45, 2.75) is 19.4 Å². The van der Waals surface area contributed by atoms with Gasteiger partial charge in [0.1, 0.15) is 0 Å². The highest BCUT2D eigenvalue weighted by Gasteiger charge is 2.16. The summed E-state index contributed by atoms with van der Waals surface area (Å²) in [6, 6.07) is 25.5. The first-order chi connectivity index (χ1) is 12.1. The van der Waals surface area contributed by atoms with Crippen molar-refractivity contribution in [3.05, 3.63) is 106 Å². The van der Waals surface area contributed by atoms with Crippen LogP contribution in [0.4, 0.5) is 0 Å². The van der Waals surface area contributed by atoms with E-state index in [1.165, 1.54) is 5.56 Å². The monoisotopic (exact) mass is 349 g/mol. The van der Waals surface area contributed by atoms with Gasteiger partial charge in [0.25, 0.3) is 0 Å². The molecule has 0 saturated heterocycles. The highest BCUT2D eigenvalue weighted by Crippen LogP contribution is 2.22. The second kappa shape index (κ2) is 8.00. The molecule has 3 aromatic carbocycles.